The van der Waals surface area contributed by atoms with E-state index in [1.807, 2.05) is 12.1 Å². The average molecular weight is 149 g/mol. The third-order valence-electron chi connectivity index (χ3n) is 2.12. The number of halogens is 1. The van der Waals surface area contributed by atoms with Crippen molar-refractivity contribution in [3.63, 3.8) is 0 Å². The Morgan fingerprint density at radius 2 is 2.09 bits per heavy atom. The van der Waals surface area contributed by atoms with Crippen LogP contribution in [-0.4, -0.2) is 0 Å². The van der Waals surface area contributed by atoms with E-state index >= 15 is 0 Å². The Kier molecular flexibility index (Phi) is 1.45. The largest absolute Gasteiger partial charge is 0.207 e. The van der Waals surface area contributed by atoms with Gasteiger partial charge in [-0.15, -0.1) is 0 Å². The zero-order valence-corrected chi connectivity index (χ0v) is 6.31. The lowest BCUT2D eigenvalue weighted by Gasteiger charge is -1.99. The van der Waals surface area contributed by atoms with Crippen molar-refractivity contribution in [2.45, 2.75) is 18.8 Å². The van der Waals surface area contributed by atoms with Gasteiger partial charge in [0.25, 0.3) is 0 Å². The smallest absolute Gasteiger partial charge is 0.126 e. The highest BCUT2D eigenvalue weighted by Gasteiger charge is 2.23. The fourth-order valence-corrected chi connectivity index (χ4v) is 1.27. The van der Waals surface area contributed by atoms with Crippen molar-refractivity contribution in [1.82, 2.24) is 0 Å². The van der Waals surface area contributed by atoms with Gasteiger partial charge in [0.1, 0.15) is 5.82 Å². The minimum absolute atomic E-state index is 0.200. The van der Waals surface area contributed by atoms with Crippen LogP contribution < -0.4 is 0 Å². The highest BCUT2D eigenvalue weighted by Crippen LogP contribution is 2.40. The van der Waals surface area contributed by atoms with Crippen molar-refractivity contribution in [2.75, 3.05) is 0 Å². The predicted octanol–water partition coefficient (Wildman–Crippen LogP) is 2.89. The van der Waals surface area contributed by atoms with Crippen LogP contribution in [0.2, 0.25) is 0 Å². The second-order valence-corrected chi connectivity index (χ2v) is 3.13. The summed E-state index contributed by atoms with van der Waals surface area (Å²) in [6.45, 7) is 3.62. The van der Waals surface area contributed by atoms with E-state index in [2.05, 4.69) is 6.92 Å². The normalized spacial score (nSPS) is 16.9. The van der Waals surface area contributed by atoms with Crippen molar-refractivity contribution >= 4 is 0 Å². The minimum atomic E-state index is -0.200. The standard InChI is InChI=1S/C10H10F/c1-7-6-9(8-2-3-8)4-5-10(7)11/h4-6,8H,1-3H2. The quantitative estimate of drug-likeness (QED) is 0.576. The van der Waals surface area contributed by atoms with Gasteiger partial charge in [0, 0.05) is 0 Å². The summed E-state index contributed by atoms with van der Waals surface area (Å²) in [4.78, 5) is 0. The maximum atomic E-state index is 12.7. The summed E-state index contributed by atoms with van der Waals surface area (Å²) >= 11 is 0. The predicted molar refractivity (Wildman–Crippen MR) is 42.8 cm³/mol. The molecule has 2 rings (SSSR count). The van der Waals surface area contributed by atoms with E-state index in [4.69, 9.17) is 0 Å². The molecule has 1 saturated carbocycles. The van der Waals surface area contributed by atoms with E-state index in [1.54, 1.807) is 0 Å². The van der Waals surface area contributed by atoms with E-state index in [1.165, 1.54) is 24.5 Å². The Hall–Kier alpha value is -0.850. The fourth-order valence-electron chi connectivity index (χ4n) is 1.27. The molecule has 1 aliphatic carbocycles. The van der Waals surface area contributed by atoms with Gasteiger partial charge >= 0.3 is 0 Å². The number of hydrogen-bond acceptors (Lipinski definition) is 0. The molecule has 0 nitrogen and oxygen atoms in total. The third-order valence-corrected chi connectivity index (χ3v) is 2.12. The van der Waals surface area contributed by atoms with Gasteiger partial charge in [-0.05, 0) is 42.9 Å². The molecule has 1 aromatic rings. The van der Waals surface area contributed by atoms with E-state index in [9.17, 15) is 4.39 Å². The molecule has 0 N–H and O–H groups in total. The number of benzene rings is 1. The molecule has 0 bridgehead atoms. The zero-order valence-electron chi connectivity index (χ0n) is 6.31. The van der Waals surface area contributed by atoms with Gasteiger partial charge in [-0.3, -0.25) is 0 Å². The van der Waals surface area contributed by atoms with Crippen LogP contribution in [0.3, 0.4) is 0 Å². The molecule has 0 saturated heterocycles. The molecule has 1 heteroatoms. The van der Waals surface area contributed by atoms with Crippen LogP contribution in [0.25, 0.3) is 0 Å². The second-order valence-electron chi connectivity index (χ2n) is 3.13. The van der Waals surface area contributed by atoms with Gasteiger partial charge in [0.05, 0.1) is 0 Å². The van der Waals surface area contributed by atoms with E-state index in [0.29, 0.717) is 11.5 Å². The topological polar surface area (TPSA) is 0 Å². The fraction of sp³-hybridized carbons (Fsp3) is 0.300. The van der Waals surface area contributed by atoms with Gasteiger partial charge in [-0.25, -0.2) is 4.39 Å². The first-order valence-electron chi connectivity index (χ1n) is 3.89. The summed E-state index contributed by atoms with van der Waals surface area (Å²) in [6.07, 6.45) is 2.51. The van der Waals surface area contributed by atoms with Crippen molar-refractivity contribution in [1.29, 1.82) is 0 Å². The Bertz CT molecular complexity index is 274. The molecule has 1 fully saturated rings. The van der Waals surface area contributed by atoms with Gasteiger partial charge in [0.15, 0.2) is 0 Å². The van der Waals surface area contributed by atoms with Gasteiger partial charge < -0.3 is 0 Å². The number of hydrogen-bond donors (Lipinski definition) is 0. The summed E-state index contributed by atoms with van der Waals surface area (Å²) in [6, 6.07) is 5.23. The number of rotatable bonds is 1. The van der Waals surface area contributed by atoms with Gasteiger partial charge in [-0.1, -0.05) is 12.1 Å². The highest BCUT2D eigenvalue weighted by molar-refractivity contribution is 5.31. The second kappa shape index (κ2) is 2.33. The van der Waals surface area contributed by atoms with Crippen LogP contribution in [0.15, 0.2) is 18.2 Å². The first-order valence-corrected chi connectivity index (χ1v) is 3.89. The van der Waals surface area contributed by atoms with Gasteiger partial charge in [0.2, 0.25) is 0 Å². The molecule has 0 spiro atoms. The molecule has 11 heavy (non-hydrogen) atoms. The molecule has 0 heterocycles. The first kappa shape index (κ1) is 6.84. The van der Waals surface area contributed by atoms with Crippen LogP contribution in [0, 0.1) is 12.7 Å². The molecule has 0 atom stereocenters. The van der Waals surface area contributed by atoms with E-state index < -0.39 is 0 Å². The monoisotopic (exact) mass is 149 g/mol. The van der Waals surface area contributed by atoms with E-state index in [-0.39, 0.29) is 5.82 Å². The lowest BCUT2D eigenvalue weighted by Crippen LogP contribution is -1.85. The molecule has 1 aliphatic rings. The first-order chi connectivity index (χ1) is 5.27. The Labute approximate surface area is 66.1 Å². The molecule has 0 amide bonds. The maximum absolute atomic E-state index is 12.7. The Balaban J connectivity index is 2.36. The molecule has 1 aromatic carbocycles. The lowest BCUT2D eigenvalue weighted by atomic mass is 10.1. The molecular weight excluding hydrogens is 139 g/mol. The molecule has 1 radical (unpaired) electrons. The lowest BCUT2D eigenvalue weighted by molar-refractivity contribution is 0.622. The van der Waals surface area contributed by atoms with Crippen LogP contribution >= 0.6 is 0 Å². The van der Waals surface area contributed by atoms with Crippen LogP contribution in [-0.2, 0) is 0 Å². The molecule has 0 aliphatic heterocycles. The van der Waals surface area contributed by atoms with Crippen LogP contribution in [0.1, 0.15) is 29.9 Å². The van der Waals surface area contributed by atoms with Crippen LogP contribution in [0.4, 0.5) is 4.39 Å². The maximum Gasteiger partial charge on any atom is 0.126 e. The molecule has 57 valence electrons. The highest BCUT2D eigenvalue weighted by atomic mass is 19.1. The Morgan fingerprint density at radius 3 is 2.64 bits per heavy atom. The van der Waals surface area contributed by atoms with Crippen molar-refractivity contribution in [3.05, 3.63) is 42.1 Å². The minimum Gasteiger partial charge on any atom is -0.207 e. The van der Waals surface area contributed by atoms with Crippen molar-refractivity contribution in [2.24, 2.45) is 0 Å². The summed E-state index contributed by atoms with van der Waals surface area (Å²) in [5.74, 6) is 0.491. The molecular formula is C10H10F. The zero-order chi connectivity index (χ0) is 7.84. The Morgan fingerprint density at radius 1 is 1.36 bits per heavy atom. The third kappa shape index (κ3) is 1.28. The summed E-state index contributed by atoms with van der Waals surface area (Å²) < 4.78 is 12.7. The van der Waals surface area contributed by atoms with E-state index in [0.717, 1.165) is 0 Å². The molecule has 0 unspecified atom stereocenters. The summed E-state index contributed by atoms with van der Waals surface area (Å²) in [5, 5.41) is 0. The average Bonchev–Trinajstić information content (AvgIpc) is 2.77. The van der Waals surface area contributed by atoms with Crippen molar-refractivity contribution < 1.29 is 4.39 Å². The SMILES string of the molecule is [CH2]c1cc(C2CC2)ccc1F. The summed E-state index contributed by atoms with van der Waals surface area (Å²) in [5.41, 5.74) is 1.77. The van der Waals surface area contributed by atoms with Crippen molar-refractivity contribution in [3.8, 4) is 0 Å². The molecule has 0 aromatic heterocycles. The summed E-state index contributed by atoms with van der Waals surface area (Å²) in [7, 11) is 0. The van der Waals surface area contributed by atoms with Crippen LogP contribution in [0.5, 0.6) is 0 Å². The van der Waals surface area contributed by atoms with Gasteiger partial charge in [-0.2, -0.15) is 0 Å².